The van der Waals surface area contributed by atoms with E-state index >= 15 is 0 Å². The van der Waals surface area contributed by atoms with E-state index in [0.717, 1.165) is 22.3 Å². The Morgan fingerprint density at radius 3 is 2.62 bits per heavy atom. The summed E-state index contributed by atoms with van der Waals surface area (Å²) in [6, 6.07) is 15.5. The molecule has 3 rings (SSSR count). The fraction of sp³-hybridized carbons (Fsp3) is 0.300. The first-order valence-electron chi connectivity index (χ1n) is 8.63. The Bertz CT molecular complexity index is 922. The molecule has 1 heterocycles. The van der Waals surface area contributed by atoms with E-state index in [1.165, 1.54) is 0 Å². The summed E-state index contributed by atoms with van der Waals surface area (Å²) in [7, 11) is 0. The zero-order valence-corrected chi connectivity index (χ0v) is 16.5. The van der Waals surface area contributed by atoms with E-state index in [4.69, 9.17) is 4.74 Å². The van der Waals surface area contributed by atoms with Crippen molar-refractivity contribution in [1.82, 2.24) is 14.9 Å². The molecule has 0 unspecified atom stereocenters. The number of halogens is 1. The van der Waals surface area contributed by atoms with Gasteiger partial charge in [-0.05, 0) is 50.2 Å². The molecule has 0 aliphatic rings. The second-order valence-corrected chi connectivity index (χ2v) is 7.31. The average Bonchev–Trinajstić information content (AvgIpc) is 2.62. The number of nitrogens with one attached hydrogen (secondary N) is 1. The molecule has 0 radical (unpaired) electrons. The normalized spacial score (nSPS) is 11.4. The Kier molecular flexibility index (Phi) is 6.06. The van der Waals surface area contributed by atoms with Crippen LogP contribution in [0.3, 0.4) is 0 Å². The first kappa shape index (κ1) is 18.6. The van der Waals surface area contributed by atoms with Crippen LogP contribution in [0.15, 0.2) is 57.8 Å². The highest BCUT2D eigenvalue weighted by Gasteiger charge is 2.13. The van der Waals surface area contributed by atoms with Crippen LogP contribution in [0.1, 0.15) is 19.7 Å². The first-order valence-corrected chi connectivity index (χ1v) is 9.42. The summed E-state index contributed by atoms with van der Waals surface area (Å²) in [4.78, 5) is 21.9. The van der Waals surface area contributed by atoms with Gasteiger partial charge in [-0.25, -0.2) is 4.98 Å². The summed E-state index contributed by atoms with van der Waals surface area (Å²) in [6.45, 7) is 6.13. The Labute approximate surface area is 161 Å². The zero-order valence-electron chi connectivity index (χ0n) is 14.9. The Morgan fingerprint density at radius 2 is 1.88 bits per heavy atom. The molecule has 0 atom stereocenters. The lowest BCUT2D eigenvalue weighted by Crippen LogP contribution is -2.35. The number of aromatic amines is 1. The van der Waals surface area contributed by atoms with Crippen molar-refractivity contribution < 1.29 is 4.74 Å². The molecule has 0 saturated heterocycles. The number of H-pyrrole nitrogens is 1. The summed E-state index contributed by atoms with van der Waals surface area (Å²) in [5.41, 5.74) is 0.626. The van der Waals surface area contributed by atoms with E-state index in [0.29, 0.717) is 30.4 Å². The van der Waals surface area contributed by atoms with Crippen molar-refractivity contribution in [3.63, 3.8) is 0 Å². The van der Waals surface area contributed by atoms with Crippen molar-refractivity contribution in [3.8, 4) is 5.75 Å². The monoisotopic (exact) mass is 415 g/mol. The second-order valence-electron chi connectivity index (χ2n) is 6.40. The van der Waals surface area contributed by atoms with E-state index in [1.54, 1.807) is 6.07 Å². The molecular weight excluding hydrogens is 394 g/mol. The topological polar surface area (TPSA) is 58.2 Å². The predicted molar refractivity (Wildman–Crippen MR) is 108 cm³/mol. The van der Waals surface area contributed by atoms with Crippen LogP contribution in [-0.4, -0.2) is 34.1 Å². The van der Waals surface area contributed by atoms with Gasteiger partial charge in [-0.2, -0.15) is 0 Å². The van der Waals surface area contributed by atoms with Gasteiger partial charge in [0.1, 0.15) is 18.2 Å². The standard InChI is InChI=1S/C20H22BrN3O2/c1-14(2)24(11-12-26-16-9-7-15(21)8-10-16)13-19-22-18-6-4-3-5-17(18)20(25)23-19/h3-10,14H,11-13H2,1-2H3,(H,22,23,25). The third kappa shape index (κ3) is 4.71. The highest BCUT2D eigenvalue weighted by molar-refractivity contribution is 9.10. The molecule has 0 aliphatic carbocycles. The molecule has 0 bridgehead atoms. The van der Waals surface area contributed by atoms with Gasteiger partial charge in [0.2, 0.25) is 0 Å². The summed E-state index contributed by atoms with van der Waals surface area (Å²) < 4.78 is 6.85. The molecule has 26 heavy (non-hydrogen) atoms. The molecule has 0 amide bonds. The van der Waals surface area contributed by atoms with E-state index in [9.17, 15) is 4.79 Å². The Balaban J connectivity index is 1.66. The minimum atomic E-state index is -0.0968. The van der Waals surface area contributed by atoms with Gasteiger partial charge < -0.3 is 9.72 Å². The predicted octanol–water partition coefficient (Wildman–Crippen LogP) is 3.98. The molecule has 1 N–H and O–H groups in total. The van der Waals surface area contributed by atoms with Crippen LogP contribution in [0, 0.1) is 0 Å². The van der Waals surface area contributed by atoms with Gasteiger partial charge in [-0.3, -0.25) is 9.69 Å². The van der Waals surface area contributed by atoms with Gasteiger partial charge in [0.25, 0.3) is 5.56 Å². The van der Waals surface area contributed by atoms with Crippen molar-refractivity contribution in [2.45, 2.75) is 26.4 Å². The lowest BCUT2D eigenvalue weighted by atomic mass is 10.2. The van der Waals surface area contributed by atoms with Gasteiger partial charge in [-0.1, -0.05) is 28.1 Å². The highest BCUT2D eigenvalue weighted by atomic mass is 79.9. The lowest BCUT2D eigenvalue weighted by Gasteiger charge is -2.25. The lowest BCUT2D eigenvalue weighted by molar-refractivity contribution is 0.165. The van der Waals surface area contributed by atoms with Gasteiger partial charge in [0.15, 0.2) is 0 Å². The third-order valence-electron chi connectivity index (χ3n) is 4.21. The van der Waals surface area contributed by atoms with Crippen molar-refractivity contribution >= 4 is 26.8 Å². The van der Waals surface area contributed by atoms with E-state index in [-0.39, 0.29) is 5.56 Å². The van der Waals surface area contributed by atoms with Gasteiger partial charge >= 0.3 is 0 Å². The number of hydrogen-bond donors (Lipinski definition) is 1. The van der Waals surface area contributed by atoms with Crippen LogP contribution in [0.25, 0.3) is 10.9 Å². The molecule has 2 aromatic carbocycles. The average molecular weight is 416 g/mol. The van der Waals surface area contributed by atoms with Gasteiger partial charge in [-0.15, -0.1) is 0 Å². The summed E-state index contributed by atoms with van der Waals surface area (Å²) in [5.74, 6) is 1.51. The molecule has 6 heteroatoms. The maximum atomic E-state index is 12.2. The summed E-state index contributed by atoms with van der Waals surface area (Å²) >= 11 is 3.42. The molecule has 0 spiro atoms. The van der Waals surface area contributed by atoms with Gasteiger partial charge in [0.05, 0.1) is 17.4 Å². The third-order valence-corrected chi connectivity index (χ3v) is 4.73. The number of para-hydroxylation sites is 1. The number of fused-ring (bicyclic) bond motifs is 1. The smallest absolute Gasteiger partial charge is 0.258 e. The molecular formula is C20H22BrN3O2. The maximum Gasteiger partial charge on any atom is 0.258 e. The number of ether oxygens (including phenoxy) is 1. The van der Waals surface area contributed by atoms with Crippen LogP contribution < -0.4 is 10.3 Å². The number of rotatable bonds is 7. The van der Waals surface area contributed by atoms with Crippen molar-refractivity contribution in [2.75, 3.05) is 13.2 Å². The van der Waals surface area contributed by atoms with Crippen LogP contribution in [0.4, 0.5) is 0 Å². The summed E-state index contributed by atoms with van der Waals surface area (Å²) in [6.07, 6.45) is 0. The Hall–Kier alpha value is -2.18. The largest absolute Gasteiger partial charge is 0.492 e. The number of nitrogens with zero attached hydrogens (tertiary/aromatic N) is 2. The minimum absolute atomic E-state index is 0.0968. The highest BCUT2D eigenvalue weighted by Crippen LogP contribution is 2.16. The fourth-order valence-corrected chi connectivity index (χ4v) is 3.00. The van der Waals surface area contributed by atoms with Crippen molar-refractivity contribution in [3.05, 3.63) is 69.2 Å². The van der Waals surface area contributed by atoms with Crippen molar-refractivity contribution in [1.29, 1.82) is 0 Å². The van der Waals surface area contributed by atoms with E-state index in [1.807, 2.05) is 42.5 Å². The van der Waals surface area contributed by atoms with Gasteiger partial charge in [0, 0.05) is 17.1 Å². The molecule has 0 saturated carbocycles. The molecule has 3 aromatic rings. The first-order chi connectivity index (χ1) is 12.5. The minimum Gasteiger partial charge on any atom is -0.492 e. The maximum absolute atomic E-state index is 12.2. The number of hydrogen-bond acceptors (Lipinski definition) is 4. The molecule has 0 fully saturated rings. The Morgan fingerprint density at radius 1 is 1.15 bits per heavy atom. The molecule has 136 valence electrons. The zero-order chi connectivity index (χ0) is 18.5. The van der Waals surface area contributed by atoms with Crippen LogP contribution in [-0.2, 0) is 6.54 Å². The van der Waals surface area contributed by atoms with Crippen LogP contribution in [0.5, 0.6) is 5.75 Å². The van der Waals surface area contributed by atoms with Crippen molar-refractivity contribution in [2.24, 2.45) is 0 Å². The number of benzene rings is 2. The summed E-state index contributed by atoms with van der Waals surface area (Å²) in [5, 5.41) is 0.617. The van der Waals surface area contributed by atoms with E-state index in [2.05, 4.69) is 44.6 Å². The SMILES string of the molecule is CC(C)N(CCOc1ccc(Br)cc1)Cc1nc2ccccc2c(=O)[nH]1. The van der Waals surface area contributed by atoms with Crippen LogP contribution in [0.2, 0.25) is 0 Å². The second kappa shape index (κ2) is 8.47. The fourth-order valence-electron chi connectivity index (χ4n) is 2.73. The molecule has 5 nitrogen and oxygen atoms in total. The van der Waals surface area contributed by atoms with E-state index < -0.39 is 0 Å². The quantitative estimate of drug-likeness (QED) is 0.633. The van der Waals surface area contributed by atoms with Crippen LogP contribution >= 0.6 is 15.9 Å². The molecule has 0 aliphatic heterocycles. The molecule has 1 aromatic heterocycles. The number of aromatic nitrogens is 2.